The lowest BCUT2D eigenvalue weighted by Gasteiger charge is -2.17. The molecule has 1 aromatic heterocycles. The highest BCUT2D eigenvalue weighted by Crippen LogP contribution is 2.38. The Kier molecular flexibility index (Phi) is 6.20. The zero-order valence-electron chi connectivity index (χ0n) is 16.1. The summed E-state index contributed by atoms with van der Waals surface area (Å²) in [6.07, 6.45) is -8.50. The van der Waals surface area contributed by atoms with Crippen LogP contribution in [-0.4, -0.2) is 26.5 Å². The summed E-state index contributed by atoms with van der Waals surface area (Å²) >= 11 is 5.94. The quantitative estimate of drug-likeness (QED) is 0.200. The Balaban J connectivity index is 2.17. The molecule has 0 aliphatic carbocycles. The van der Waals surface area contributed by atoms with Gasteiger partial charge in [-0.3, -0.25) is 4.79 Å². The summed E-state index contributed by atoms with van der Waals surface area (Å²) in [5.74, 6) is -4.07. The van der Waals surface area contributed by atoms with Crippen molar-refractivity contribution in [3.05, 3.63) is 75.9 Å². The molecule has 1 heterocycles. The maximum absolute atomic E-state index is 13.5. The number of aromatic nitrogens is 1. The normalized spacial score (nSPS) is 12.9. The summed E-state index contributed by atoms with van der Waals surface area (Å²) < 4.78 is 80.5. The first-order valence-corrected chi connectivity index (χ1v) is 9.30. The molecule has 0 saturated heterocycles. The lowest BCUT2D eigenvalue weighted by Crippen LogP contribution is -2.15. The Morgan fingerprint density at radius 1 is 0.970 bits per heavy atom. The van der Waals surface area contributed by atoms with E-state index in [2.05, 4.69) is 0 Å². The van der Waals surface area contributed by atoms with E-state index in [-0.39, 0.29) is 27.6 Å². The van der Waals surface area contributed by atoms with E-state index in [1.165, 1.54) is 22.8 Å². The minimum absolute atomic E-state index is 0.0156. The van der Waals surface area contributed by atoms with Gasteiger partial charge < -0.3 is 14.8 Å². The van der Waals surface area contributed by atoms with Crippen molar-refractivity contribution in [3.8, 4) is 0 Å². The van der Waals surface area contributed by atoms with Crippen molar-refractivity contribution in [2.75, 3.05) is 0 Å². The number of carbonyl (C=O) groups excluding carboxylic acids is 1. The number of rotatable bonds is 5. The van der Waals surface area contributed by atoms with E-state index in [0.29, 0.717) is 18.2 Å². The molecule has 3 aromatic rings. The van der Waals surface area contributed by atoms with Crippen molar-refractivity contribution in [1.82, 2.24) is 4.57 Å². The number of carbonyl (C=O) groups is 2. The Morgan fingerprint density at radius 3 is 2.21 bits per heavy atom. The predicted octanol–water partition coefficient (Wildman–Crippen LogP) is 5.93. The number of nitrogens with zero attached hydrogens (tertiary/aromatic N) is 1. The molecule has 174 valence electrons. The SMILES string of the molecule is O=C(O)C(=O)/C=C(/O)c1cn(Cc2ccc(C(F)(F)F)cc2C(F)(F)F)c2ccc(Cl)cc12. The Labute approximate surface area is 186 Å². The molecule has 0 aliphatic heterocycles. The van der Waals surface area contributed by atoms with Gasteiger partial charge >= 0.3 is 18.3 Å². The third kappa shape index (κ3) is 5.14. The van der Waals surface area contributed by atoms with Gasteiger partial charge in [-0.2, -0.15) is 26.3 Å². The van der Waals surface area contributed by atoms with E-state index in [4.69, 9.17) is 16.7 Å². The standard InChI is InChI=1S/C21H12ClF6NO4/c22-12-3-4-16-13(6-12)14(17(30)7-18(31)19(32)33)9-29(16)8-10-1-2-11(20(23,24)25)5-15(10)21(26,27)28/h1-7,9,30H,8H2,(H,32,33)/b17-7+. The maximum Gasteiger partial charge on any atom is 0.416 e. The van der Waals surface area contributed by atoms with Gasteiger partial charge in [0, 0.05) is 40.3 Å². The predicted molar refractivity (Wildman–Crippen MR) is 106 cm³/mol. The average molecular weight is 492 g/mol. The number of halogens is 7. The largest absolute Gasteiger partial charge is 0.507 e. The Morgan fingerprint density at radius 2 is 1.64 bits per heavy atom. The lowest BCUT2D eigenvalue weighted by molar-refractivity contribution is -0.146. The molecule has 12 heteroatoms. The fourth-order valence-corrected chi connectivity index (χ4v) is 3.38. The molecule has 0 fully saturated rings. The number of hydrogen-bond acceptors (Lipinski definition) is 3. The molecule has 0 spiro atoms. The molecule has 2 aromatic carbocycles. The molecule has 3 rings (SSSR count). The monoisotopic (exact) mass is 491 g/mol. The van der Waals surface area contributed by atoms with Gasteiger partial charge in [-0.1, -0.05) is 17.7 Å². The highest BCUT2D eigenvalue weighted by Gasteiger charge is 2.38. The molecular weight excluding hydrogens is 480 g/mol. The van der Waals surface area contributed by atoms with Crippen LogP contribution in [0, 0.1) is 0 Å². The van der Waals surface area contributed by atoms with E-state index in [0.717, 1.165) is 6.20 Å². The molecule has 0 radical (unpaired) electrons. The first-order valence-electron chi connectivity index (χ1n) is 8.92. The number of fused-ring (bicyclic) bond motifs is 1. The molecule has 0 unspecified atom stereocenters. The zero-order chi connectivity index (χ0) is 24.7. The summed E-state index contributed by atoms with van der Waals surface area (Å²) in [5, 5.41) is 19.3. The lowest BCUT2D eigenvalue weighted by atomic mass is 10.0. The summed E-state index contributed by atoms with van der Waals surface area (Å²) in [7, 11) is 0. The minimum atomic E-state index is -5.08. The van der Waals surface area contributed by atoms with E-state index < -0.39 is 53.1 Å². The molecule has 2 N–H and O–H groups in total. The van der Waals surface area contributed by atoms with Gasteiger partial charge in [-0.15, -0.1) is 0 Å². The first kappa shape index (κ1) is 24.2. The average Bonchev–Trinajstić information content (AvgIpc) is 3.04. The second-order valence-electron chi connectivity index (χ2n) is 6.90. The Hall–Kier alpha value is -3.47. The fourth-order valence-electron chi connectivity index (χ4n) is 3.21. The van der Waals surface area contributed by atoms with Gasteiger partial charge in [0.05, 0.1) is 11.1 Å². The van der Waals surface area contributed by atoms with Gasteiger partial charge in [-0.25, -0.2) is 4.79 Å². The summed E-state index contributed by atoms with van der Waals surface area (Å²) in [4.78, 5) is 22.2. The van der Waals surface area contributed by atoms with E-state index in [1.54, 1.807) is 0 Å². The molecule has 0 amide bonds. The van der Waals surface area contributed by atoms with Crippen LogP contribution in [-0.2, 0) is 28.5 Å². The zero-order valence-corrected chi connectivity index (χ0v) is 16.9. The third-order valence-corrected chi connectivity index (χ3v) is 4.92. The second-order valence-corrected chi connectivity index (χ2v) is 7.34. The molecule has 0 saturated carbocycles. The minimum Gasteiger partial charge on any atom is -0.507 e. The molecular formula is C21H12ClF6NO4. The maximum atomic E-state index is 13.5. The first-order chi connectivity index (χ1) is 15.2. The van der Waals surface area contributed by atoms with Crippen LogP contribution in [0.1, 0.15) is 22.3 Å². The van der Waals surface area contributed by atoms with Crippen LogP contribution in [0.5, 0.6) is 0 Å². The van der Waals surface area contributed by atoms with Crippen LogP contribution in [0.25, 0.3) is 16.7 Å². The number of alkyl halides is 6. The highest BCUT2D eigenvalue weighted by atomic mass is 35.5. The smallest absolute Gasteiger partial charge is 0.416 e. The summed E-state index contributed by atoms with van der Waals surface area (Å²) in [5.41, 5.74) is -3.32. The van der Waals surface area contributed by atoms with E-state index in [1.807, 2.05) is 0 Å². The van der Waals surface area contributed by atoms with Crippen molar-refractivity contribution in [3.63, 3.8) is 0 Å². The number of aliphatic hydroxyl groups is 1. The fraction of sp³-hybridized carbons (Fsp3) is 0.143. The summed E-state index contributed by atoms with van der Waals surface area (Å²) in [6.45, 7) is -0.550. The van der Waals surface area contributed by atoms with Crippen LogP contribution in [0.2, 0.25) is 5.02 Å². The van der Waals surface area contributed by atoms with Gasteiger partial charge in [0.25, 0.3) is 5.78 Å². The van der Waals surface area contributed by atoms with Crippen LogP contribution >= 0.6 is 11.6 Å². The summed E-state index contributed by atoms with van der Waals surface area (Å²) in [6, 6.07) is 5.36. The van der Waals surface area contributed by atoms with Crippen LogP contribution in [0.15, 0.2) is 48.7 Å². The second kappa shape index (κ2) is 8.47. The number of aliphatic hydroxyl groups excluding tert-OH is 1. The van der Waals surface area contributed by atoms with Crippen LogP contribution in [0.4, 0.5) is 26.3 Å². The van der Waals surface area contributed by atoms with Gasteiger partial charge in [0.1, 0.15) is 5.76 Å². The van der Waals surface area contributed by atoms with Gasteiger partial charge in [0.2, 0.25) is 0 Å². The van der Waals surface area contributed by atoms with E-state index in [9.17, 15) is 41.0 Å². The van der Waals surface area contributed by atoms with Gasteiger partial charge in [-0.05, 0) is 35.9 Å². The number of benzene rings is 2. The molecule has 0 bridgehead atoms. The number of carboxylic acids is 1. The molecule has 0 atom stereocenters. The topological polar surface area (TPSA) is 79.5 Å². The van der Waals surface area contributed by atoms with Crippen LogP contribution in [0.3, 0.4) is 0 Å². The number of ketones is 1. The Bertz CT molecular complexity index is 1290. The van der Waals surface area contributed by atoms with Crippen molar-refractivity contribution < 1.29 is 46.1 Å². The van der Waals surface area contributed by atoms with Gasteiger partial charge in [0.15, 0.2) is 0 Å². The number of aliphatic carboxylic acids is 1. The van der Waals surface area contributed by atoms with Crippen molar-refractivity contribution in [2.45, 2.75) is 18.9 Å². The van der Waals surface area contributed by atoms with Crippen molar-refractivity contribution >= 4 is 40.0 Å². The third-order valence-electron chi connectivity index (χ3n) is 4.68. The van der Waals surface area contributed by atoms with E-state index >= 15 is 0 Å². The molecule has 5 nitrogen and oxygen atoms in total. The van der Waals surface area contributed by atoms with Crippen molar-refractivity contribution in [2.24, 2.45) is 0 Å². The molecule has 33 heavy (non-hydrogen) atoms. The molecule has 0 aliphatic rings. The number of carboxylic acid groups (broad SMARTS) is 1. The highest BCUT2D eigenvalue weighted by molar-refractivity contribution is 6.38. The van der Waals surface area contributed by atoms with Crippen molar-refractivity contribution in [1.29, 1.82) is 0 Å². The number of hydrogen-bond donors (Lipinski definition) is 2. The van der Waals surface area contributed by atoms with Crippen LogP contribution < -0.4 is 0 Å².